The van der Waals surface area contributed by atoms with E-state index < -0.39 is 23.8 Å². The predicted octanol–water partition coefficient (Wildman–Crippen LogP) is -2.99. The second-order valence-electron chi connectivity index (χ2n) is 2.87. The average Bonchev–Trinajstić information content (AvgIpc) is 2.77. The number of primary amides is 3. The number of carbonyl (C=O) groups excluding carboxylic acids is 3. The van der Waals surface area contributed by atoms with Gasteiger partial charge in [-0.2, -0.15) is 0 Å². The number of carbonyl (C=O) groups is 3. The molecule has 76 valence electrons. The molecule has 1 aliphatic heterocycles. The molecule has 0 saturated carbocycles. The summed E-state index contributed by atoms with van der Waals surface area (Å²) in [4.78, 5) is 33.3. The van der Waals surface area contributed by atoms with Crippen molar-refractivity contribution in [3.05, 3.63) is 11.8 Å². The molecule has 1 aliphatic rings. The minimum atomic E-state index is -0.812. The van der Waals surface area contributed by atoms with Gasteiger partial charge in [0.25, 0.3) is 5.91 Å². The Morgan fingerprint density at radius 1 is 1.21 bits per heavy atom. The number of nitrogens with two attached hydrogens (primary N) is 3. The van der Waals surface area contributed by atoms with Crippen molar-refractivity contribution in [2.45, 2.75) is 6.04 Å². The lowest BCUT2D eigenvalue weighted by Crippen LogP contribution is -2.27. The molecule has 1 fully saturated rings. The zero-order chi connectivity index (χ0) is 10.9. The molecule has 1 atom stereocenters. The van der Waals surface area contributed by atoms with Gasteiger partial charge in [-0.3, -0.25) is 14.4 Å². The van der Waals surface area contributed by atoms with Gasteiger partial charge in [-0.25, -0.2) is 0 Å². The maximum absolute atomic E-state index is 10.8. The van der Waals surface area contributed by atoms with Gasteiger partial charge in [0.05, 0.1) is 0 Å². The molecule has 0 aromatic carbocycles. The summed E-state index contributed by atoms with van der Waals surface area (Å²) in [6.07, 6.45) is 0.880. The molecule has 7 nitrogen and oxygen atoms in total. The predicted molar refractivity (Wildman–Crippen MR) is 46.2 cm³/mol. The number of amides is 3. The first-order chi connectivity index (χ1) is 6.43. The van der Waals surface area contributed by atoms with Crippen molar-refractivity contribution in [2.75, 3.05) is 6.54 Å². The molecular formula is C7H10N4O3. The highest BCUT2D eigenvalue weighted by Gasteiger charge is 2.42. The summed E-state index contributed by atoms with van der Waals surface area (Å²) in [7, 11) is 0. The fourth-order valence-electron chi connectivity index (χ4n) is 1.08. The van der Waals surface area contributed by atoms with Crippen molar-refractivity contribution in [3.63, 3.8) is 0 Å². The molecule has 1 heterocycles. The topological polar surface area (TPSA) is 132 Å². The molecular weight excluding hydrogens is 188 g/mol. The maximum atomic E-state index is 10.8. The Hall–Kier alpha value is -2.05. The van der Waals surface area contributed by atoms with Crippen LogP contribution in [0.3, 0.4) is 0 Å². The van der Waals surface area contributed by atoms with Gasteiger partial charge in [0.1, 0.15) is 11.7 Å². The molecule has 1 unspecified atom stereocenters. The van der Waals surface area contributed by atoms with Crippen LogP contribution in [0.4, 0.5) is 0 Å². The highest BCUT2D eigenvalue weighted by molar-refractivity contribution is 6.00. The van der Waals surface area contributed by atoms with Crippen LogP contribution in [0.1, 0.15) is 0 Å². The van der Waals surface area contributed by atoms with E-state index in [9.17, 15) is 14.4 Å². The SMILES string of the molecule is NC(=O)/C=C(\C(N)=O)N1CC1C(N)=O. The number of rotatable bonds is 4. The summed E-state index contributed by atoms with van der Waals surface area (Å²) >= 11 is 0. The zero-order valence-electron chi connectivity index (χ0n) is 7.27. The van der Waals surface area contributed by atoms with Crippen molar-refractivity contribution in [3.8, 4) is 0 Å². The summed E-state index contributed by atoms with van der Waals surface area (Å²) in [6.45, 7) is 0.289. The summed E-state index contributed by atoms with van der Waals surface area (Å²) in [6, 6.07) is -0.562. The summed E-state index contributed by atoms with van der Waals surface area (Å²) < 4.78 is 0. The Morgan fingerprint density at radius 3 is 2.07 bits per heavy atom. The molecule has 0 radical (unpaired) electrons. The van der Waals surface area contributed by atoms with E-state index in [1.54, 1.807) is 0 Å². The van der Waals surface area contributed by atoms with Crippen molar-refractivity contribution in [1.82, 2.24) is 4.90 Å². The fourth-order valence-corrected chi connectivity index (χ4v) is 1.08. The zero-order valence-corrected chi connectivity index (χ0v) is 7.27. The smallest absolute Gasteiger partial charge is 0.265 e. The Morgan fingerprint density at radius 2 is 1.79 bits per heavy atom. The van der Waals surface area contributed by atoms with Crippen LogP contribution in [0, 0.1) is 0 Å². The van der Waals surface area contributed by atoms with Crippen LogP contribution >= 0.6 is 0 Å². The minimum absolute atomic E-state index is 0.0821. The third-order valence-corrected chi connectivity index (χ3v) is 1.78. The van der Waals surface area contributed by atoms with Gasteiger partial charge < -0.3 is 22.1 Å². The van der Waals surface area contributed by atoms with Crippen LogP contribution in [0.5, 0.6) is 0 Å². The molecule has 0 spiro atoms. The lowest BCUT2D eigenvalue weighted by Gasteiger charge is -2.04. The van der Waals surface area contributed by atoms with E-state index in [1.165, 1.54) is 4.90 Å². The number of nitrogens with zero attached hydrogens (tertiary/aromatic N) is 1. The Bertz CT molecular complexity index is 336. The minimum Gasteiger partial charge on any atom is -0.368 e. The van der Waals surface area contributed by atoms with Gasteiger partial charge in [0.15, 0.2) is 0 Å². The highest BCUT2D eigenvalue weighted by Crippen LogP contribution is 2.23. The maximum Gasteiger partial charge on any atom is 0.265 e. The monoisotopic (exact) mass is 198 g/mol. The number of hydrogen-bond acceptors (Lipinski definition) is 4. The van der Waals surface area contributed by atoms with E-state index in [1.807, 2.05) is 0 Å². The van der Waals surface area contributed by atoms with E-state index in [-0.39, 0.29) is 12.2 Å². The van der Waals surface area contributed by atoms with Crippen molar-refractivity contribution < 1.29 is 14.4 Å². The van der Waals surface area contributed by atoms with Gasteiger partial charge in [-0.15, -0.1) is 0 Å². The Labute approximate surface area is 79.5 Å². The molecule has 1 saturated heterocycles. The van der Waals surface area contributed by atoms with Gasteiger partial charge in [0, 0.05) is 12.6 Å². The molecule has 14 heavy (non-hydrogen) atoms. The third-order valence-electron chi connectivity index (χ3n) is 1.78. The fraction of sp³-hybridized carbons (Fsp3) is 0.286. The molecule has 0 aromatic heterocycles. The number of hydrogen-bond donors (Lipinski definition) is 3. The quantitative estimate of drug-likeness (QED) is 0.328. The highest BCUT2D eigenvalue weighted by atomic mass is 16.2. The molecule has 6 N–H and O–H groups in total. The van der Waals surface area contributed by atoms with E-state index in [0.717, 1.165) is 6.08 Å². The Balaban J connectivity index is 2.78. The summed E-state index contributed by atoms with van der Waals surface area (Å²) in [5.74, 6) is -2.18. The molecule has 1 rings (SSSR count). The second kappa shape index (κ2) is 3.36. The molecule has 0 bridgehead atoms. The molecule has 0 aliphatic carbocycles. The van der Waals surface area contributed by atoms with Crippen molar-refractivity contribution in [2.24, 2.45) is 17.2 Å². The third kappa shape index (κ3) is 2.00. The average molecular weight is 198 g/mol. The van der Waals surface area contributed by atoms with Crippen molar-refractivity contribution >= 4 is 17.7 Å². The second-order valence-corrected chi connectivity index (χ2v) is 2.87. The largest absolute Gasteiger partial charge is 0.368 e. The standard InChI is InChI=1S/C7H10N4O3/c8-5(12)1-3(6(9)13)11-2-4(11)7(10)14/h1,4H,2H2,(H2,8,12)(H2,9,13)(H2,10,14)/b3-1+. The molecule has 3 amide bonds. The van der Waals surface area contributed by atoms with Crippen LogP contribution in [-0.2, 0) is 14.4 Å². The van der Waals surface area contributed by atoms with Gasteiger partial charge >= 0.3 is 0 Å². The normalized spacial score (nSPS) is 20.4. The van der Waals surface area contributed by atoms with Crippen molar-refractivity contribution in [1.29, 1.82) is 0 Å². The van der Waals surface area contributed by atoms with Crippen LogP contribution in [0.25, 0.3) is 0 Å². The Kier molecular flexibility index (Phi) is 2.41. The van der Waals surface area contributed by atoms with Crippen LogP contribution < -0.4 is 17.2 Å². The van der Waals surface area contributed by atoms with E-state index >= 15 is 0 Å². The molecule has 0 aromatic rings. The van der Waals surface area contributed by atoms with Gasteiger partial charge in [-0.1, -0.05) is 0 Å². The van der Waals surface area contributed by atoms with Crippen LogP contribution in [0.2, 0.25) is 0 Å². The first kappa shape index (κ1) is 10.0. The van der Waals surface area contributed by atoms with E-state index in [2.05, 4.69) is 0 Å². The van der Waals surface area contributed by atoms with Gasteiger partial charge in [-0.05, 0) is 0 Å². The van der Waals surface area contributed by atoms with Crippen LogP contribution in [-0.4, -0.2) is 35.2 Å². The lowest BCUT2D eigenvalue weighted by atomic mass is 10.3. The van der Waals surface area contributed by atoms with Crippen LogP contribution in [0.15, 0.2) is 11.8 Å². The first-order valence-electron chi connectivity index (χ1n) is 3.80. The van der Waals surface area contributed by atoms with Gasteiger partial charge in [0.2, 0.25) is 11.8 Å². The first-order valence-corrected chi connectivity index (χ1v) is 3.80. The lowest BCUT2D eigenvalue weighted by molar-refractivity contribution is -0.119. The van der Waals surface area contributed by atoms with E-state index in [0.29, 0.717) is 0 Å². The van der Waals surface area contributed by atoms with E-state index in [4.69, 9.17) is 17.2 Å². The summed E-state index contributed by atoms with van der Waals surface area (Å²) in [5.41, 5.74) is 14.7. The summed E-state index contributed by atoms with van der Waals surface area (Å²) in [5, 5.41) is 0. The molecule has 7 heteroatoms.